The summed E-state index contributed by atoms with van der Waals surface area (Å²) in [5.41, 5.74) is 1.72. The average molecular weight is 350 g/mol. The van der Waals surface area contributed by atoms with E-state index in [0.717, 1.165) is 5.39 Å². The Morgan fingerprint density at radius 1 is 1.04 bits per heavy atom. The quantitative estimate of drug-likeness (QED) is 0.689. The van der Waals surface area contributed by atoms with Crippen LogP contribution in [0.25, 0.3) is 10.9 Å². The van der Waals surface area contributed by atoms with Gasteiger partial charge in [-0.05, 0) is 43.3 Å². The average Bonchev–Trinajstić information content (AvgIpc) is 2.67. The molecule has 0 aliphatic carbocycles. The van der Waals surface area contributed by atoms with Gasteiger partial charge in [0.2, 0.25) is 0 Å². The largest absolute Gasteiger partial charge is 0.481 e. The van der Waals surface area contributed by atoms with Crippen LogP contribution in [0.5, 0.6) is 5.75 Å². The predicted molar refractivity (Wildman–Crippen MR) is 98.3 cm³/mol. The standard InChI is InChI=1S/C20H18N2O4/c1-2-25-20(24)15-8-10-16(11-9-15)22-18(23)13-26-17-7-3-5-14-6-4-12-21-19(14)17/h3-12H,2,13H2,1H3,(H,22,23). The van der Waals surface area contributed by atoms with Crippen LogP contribution in [0.15, 0.2) is 60.8 Å². The first-order valence-corrected chi connectivity index (χ1v) is 8.21. The molecule has 3 aromatic rings. The second kappa shape index (κ2) is 8.11. The number of amides is 1. The Hall–Kier alpha value is -3.41. The highest BCUT2D eigenvalue weighted by Gasteiger charge is 2.09. The number of pyridine rings is 1. The van der Waals surface area contributed by atoms with E-state index in [1.165, 1.54) is 0 Å². The van der Waals surface area contributed by atoms with E-state index in [1.54, 1.807) is 43.5 Å². The Bertz CT molecular complexity index is 917. The molecule has 26 heavy (non-hydrogen) atoms. The van der Waals surface area contributed by atoms with Crippen LogP contribution in [0.3, 0.4) is 0 Å². The number of hydrogen-bond acceptors (Lipinski definition) is 5. The third kappa shape index (κ3) is 4.16. The summed E-state index contributed by atoms with van der Waals surface area (Å²) in [7, 11) is 0. The molecule has 0 fully saturated rings. The maximum Gasteiger partial charge on any atom is 0.338 e. The highest BCUT2D eigenvalue weighted by atomic mass is 16.5. The number of fused-ring (bicyclic) bond motifs is 1. The summed E-state index contributed by atoms with van der Waals surface area (Å²) < 4.78 is 10.5. The van der Waals surface area contributed by atoms with E-state index in [-0.39, 0.29) is 12.5 Å². The summed E-state index contributed by atoms with van der Waals surface area (Å²) in [6.45, 7) is 1.92. The number of anilines is 1. The topological polar surface area (TPSA) is 77.5 Å². The van der Waals surface area contributed by atoms with Gasteiger partial charge in [-0.1, -0.05) is 18.2 Å². The highest BCUT2D eigenvalue weighted by molar-refractivity contribution is 5.94. The molecule has 1 heterocycles. The molecule has 6 heteroatoms. The van der Waals surface area contributed by atoms with Crippen LogP contribution >= 0.6 is 0 Å². The molecular formula is C20H18N2O4. The minimum absolute atomic E-state index is 0.144. The number of carbonyl (C=O) groups is 2. The molecule has 0 aliphatic rings. The fourth-order valence-electron chi connectivity index (χ4n) is 2.44. The zero-order valence-electron chi connectivity index (χ0n) is 14.3. The van der Waals surface area contributed by atoms with Gasteiger partial charge in [0.15, 0.2) is 6.61 Å². The van der Waals surface area contributed by atoms with Crippen LogP contribution in [-0.4, -0.2) is 30.1 Å². The highest BCUT2D eigenvalue weighted by Crippen LogP contribution is 2.22. The van der Waals surface area contributed by atoms with Crippen LogP contribution in [0, 0.1) is 0 Å². The van der Waals surface area contributed by atoms with Gasteiger partial charge in [0.1, 0.15) is 11.3 Å². The van der Waals surface area contributed by atoms with Crippen molar-refractivity contribution < 1.29 is 19.1 Å². The SMILES string of the molecule is CCOC(=O)c1ccc(NC(=O)COc2cccc3cccnc23)cc1. The van der Waals surface area contributed by atoms with Gasteiger partial charge >= 0.3 is 5.97 Å². The summed E-state index contributed by atoms with van der Waals surface area (Å²) in [4.78, 5) is 28.0. The lowest BCUT2D eigenvalue weighted by Crippen LogP contribution is -2.20. The van der Waals surface area contributed by atoms with Crippen LogP contribution in [0.4, 0.5) is 5.69 Å². The van der Waals surface area contributed by atoms with Crippen LogP contribution < -0.4 is 10.1 Å². The third-order valence-corrected chi connectivity index (χ3v) is 3.63. The van der Waals surface area contributed by atoms with Gasteiger partial charge in [-0.2, -0.15) is 0 Å². The molecule has 0 bridgehead atoms. The van der Waals surface area contributed by atoms with Gasteiger partial charge in [0.25, 0.3) is 5.91 Å². The second-order valence-corrected chi connectivity index (χ2v) is 5.47. The summed E-state index contributed by atoms with van der Waals surface area (Å²) in [6.07, 6.45) is 1.68. The number of rotatable bonds is 6. The number of carbonyl (C=O) groups excluding carboxylic acids is 2. The van der Waals surface area contributed by atoms with Gasteiger partial charge in [0, 0.05) is 17.3 Å². The molecule has 0 aliphatic heterocycles. The van der Waals surface area contributed by atoms with Crippen LogP contribution in [-0.2, 0) is 9.53 Å². The van der Waals surface area contributed by atoms with E-state index >= 15 is 0 Å². The molecule has 0 saturated heterocycles. The minimum Gasteiger partial charge on any atom is -0.481 e. The van der Waals surface area contributed by atoms with E-state index in [0.29, 0.717) is 29.1 Å². The van der Waals surface area contributed by atoms with E-state index in [2.05, 4.69) is 10.3 Å². The molecule has 6 nitrogen and oxygen atoms in total. The third-order valence-electron chi connectivity index (χ3n) is 3.63. The van der Waals surface area contributed by atoms with Gasteiger partial charge in [-0.3, -0.25) is 9.78 Å². The molecule has 2 aromatic carbocycles. The van der Waals surface area contributed by atoms with Crippen LogP contribution in [0.1, 0.15) is 17.3 Å². The Morgan fingerprint density at radius 3 is 2.58 bits per heavy atom. The van der Waals surface area contributed by atoms with E-state index in [1.807, 2.05) is 24.3 Å². The van der Waals surface area contributed by atoms with Crippen molar-refractivity contribution in [2.75, 3.05) is 18.5 Å². The molecule has 0 spiro atoms. The summed E-state index contributed by atoms with van der Waals surface area (Å²) in [6, 6.07) is 15.8. The maximum absolute atomic E-state index is 12.1. The number of para-hydroxylation sites is 1. The first kappa shape index (κ1) is 17.4. The van der Waals surface area contributed by atoms with Gasteiger partial charge < -0.3 is 14.8 Å². The predicted octanol–water partition coefficient (Wildman–Crippen LogP) is 3.43. The lowest BCUT2D eigenvalue weighted by molar-refractivity contribution is -0.118. The van der Waals surface area contributed by atoms with Crippen molar-refractivity contribution >= 4 is 28.5 Å². The number of hydrogen-bond donors (Lipinski definition) is 1. The molecule has 0 radical (unpaired) electrons. The first-order valence-electron chi connectivity index (χ1n) is 8.21. The van der Waals surface area contributed by atoms with Crippen molar-refractivity contribution in [2.24, 2.45) is 0 Å². The van der Waals surface area contributed by atoms with E-state index < -0.39 is 5.97 Å². The maximum atomic E-state index is 12.1. The second-order valence-electron chi connectivity index (χ2n) is 5.47. The molecule has 1 amide bonds. The Labute approximate surface area is 150 Å². The van der Waals surface area contributed by atoms with Crippen LogP contribution in [0.2, 0.25) is 0 Å². The molecule has 1 N–H and O–H groups in total. The van der Waals surface area contributed by atoms with Crippen molar-refractivity contribution in [3.8, 4) is 5.75 Å². The number of benzene rings is 2. The molecule has 1 aromatic heterocycles. The Balaban J connectivity index is 1.59. The summed E-state index contributed by atoms with van der Waals surface area (Å²) >= 11 is 0. The fourth-order valence-corrected chi connectivity index (χ4v) is 2.44. The zero-order chi connectivity index (χ0) is 18.4. The van der Waals surface area contributed by atoms with Crippen molar-refractivity contribution in [3.05, 3.63) is 66.4 Å². The smallest absolute Gasteiger partial charge is 0.338 e. The number of esters is 1. The van der Waals surface area contributed by atoms with Crippen molar-refractivity contribution in [2.45, 2.75) is 6.92 Å². The molecular weight excluding hydrogens is 332 g/mol. The van der Waals surface area contributed by atoms with Crippen molar-refractivity contribution in [1.82, 2.24) is 4.98 Å². The molecule has 3 rings (SSSR count). The zero-order valence-corrected chi connectivity index (χ0v) is 14.3. The number of aromatic nitrogens is 1. The number of nitrogens with one attached hydrogen (secondary N) is 1. The summed E-state index contributed by atoms with van der Waals surface area (Å²) in [5, 5.41) is 3.67. The van der Waals surface area contributed by atoms with E-state index in [4.69, 9.17) is 9.47 Å². The minimum atomic E-state index is -0.392. The molecule has 0 saturated carbocycles. The first-order chi connectivity index (χ1) is 12.7. The number of ether oxygens (including phenoxy) is 2. The van der Waals surface area contributed by atoms with Gasteiger partial charge in [0.05, 0.1) is 12.2 Å². The fraction of sp³-hybridized carbons (Fsp3) is 0.150. The van der Waals surface area contributed by atoms with E-state index in [9.17, 15) is 9.59 Å². The molecule has 132 valence electrons. The van der Waals surface area contributed by atoms with Crippen molar-refractivity contribution in [3.63, 3.8) is 0 Å². The Morgan fingerprint density at radius 2 is 1.81 bits per heavy atom. The normalized spacial score (nSPS) is 10.3. The van der Waals surface area contributed by atoms with Crippen molar-refractivity contribution in [1.29, 1.82) is 0 Å². The molecule has 0 atom stereocenters. The monoisotopic (exact) mass is 350 g/mol. The molecule has 0 unspecified atom stereocenters. The lowest BCUT2D eigenvalue weighted by atomic mass is 10.2. The van der Waals surface area contributed by atoms with Gasteiger partial charge in [-0.25, -0.2) is 4.79 Å². The summed E-state index contributed by atoms with van der Waals surface area (Å²) in [5.74, 6) is -0.144. The Kier molecular flexibility index (Phi) is 5.43. The van der Waals surface area contributed by atoms with Gasteiger partial charge in [-0.15, -0.1) is 0 Å². The number of nitrogens with zero attached hydrogens (tertiary/aromatic N) is 1. The lowest BCUT2D eigenvalue weighted by Gasteiger charge is -2.09.